The molecule has 3 N–H and O–H groups in total. The number of aromatic nitrogens is 2. The lowest BCUT2D eigenvalue weighted by molar-refractivity contribution is -0.130. The highest BCUT2D eigenvalue weighted by molar-refractivity contribution is 8.03. The van der Waals surface area contributed by atoms with Crippen LogP contribution in [-0.2, 0) is 16.1 Å². The monoisotopic (exact) mass is 417 g/mol. The zero-order chi connectivity index (χ0) is 19.8. The van der Waals surface area contributed by atoms with Crippen molar-refractivity contribution in [2.24, 2.45) is 0 Å². The van der Waals surface area contributed by atoms with Gasteiger partial charge in [0.05, 0.1) is 5.69 Å². The van der Waals surface area contributed by atoms with E-state index in [1.807, 2.05) is 24.3 Å². The standard InChI is InChI=1S/C19H20ClN5O2S/c20-14-3-1-2-13(8-14)10-21-6-7-23-19-22-5-4-15(25-19)9-17-18(16(27)11-26)24-12-28-17/h1-5,8-9,11,18,21,24H,6-7,10,12H2,(H,22,23,25)/b17-9-. The molecular formula is C19H20ClN5O2S. The second-order valence-corrected chi connectivity index (χ2v) is 7.52. The number of benzene rings is 1. The van der Waals surface area contributed by atoms with Crippen LogP contribution in [0.3, 0.4) is 0 Å². The number of nitrogens with one attached hydrogen (secondary N) is 3. The number of rotatable bonds is 9. The van der Waals surface area contributed by atoms with Crippen LogP contribution in [0.15, 0.2) is 41.4 Å². The van der Waals surface area contributed by atoms with Gasteiger partial charge in [0.1, 0.15) is 6.04 Å². The van der Waals surface area contributed by atoms with Crippen LogP contribution in [0.5, 0.6) is 0 Å². The van der Waals surface area contributed by atoms with E-state index in [0.717, 1.165) is 28.6 Å². The fraction of sp³-hybridized carbons (Fsp3) is 0.263. The van der Waals surface area contributed by atoms with Gasteiger partial charge in [-0.1, -0.05) is 23.7 Å². The van der Waals surface area contributed by atoms with Crippen LogP contribution in [-0.4, -0.2) is 47.0 Å². The van der Waals surface area contributed by atoms with Crippen LogP contribution in [0, 0.1) is 0 Å². The van der Waals surface area contributed by atoms with Gasteiger partial charge in [-0.25, -0.2) is 9.97 Å². The van der Waals surface area contributed by atoms with E-state index in [2.05, 4.69) is 25.9 Å². The molecule has 1 saturated heterocycles. The van der Waals surface area contributed by atoms with Crippen molar-refractivity contribution in [3.8, 4) is 0 Å². The molecule has 1 unspecified atom stereocenters. The van der Waals surface area contributed by atoms with Gasteiger partial charge in [-0.2, -0.15) is 0 Å². The third-order valence-electron chi connectivity index (χ3n) is 3.98. The van der Waals surface area contributed by atoms with E-state index in [0.29, 0.717) is 30.3 Å². The minimum Gasteiger partial charge on any atom is -0.353 e. The van der Waals surface area contributed by atoms with Crippen molar-refractivity contribution in [1.82, 2.24) is 20.6 Å². The number of carbonyl (C=O) groups is 2. The summed E-state index contributed by atoms with van der Waals surface area (Å²) >= 11 is 7.46. The Morgan fingerprint density at radius 2 is 2.25 bits per heavy atom. The summed E-state index contributed by atoms with van der Waals surface area (Å²) in [6, 6.07) is 8.91. The van der Waals surface area contributed by atoms with Crippen molar-refractivity contribution in [3.05, 3.63) is 57.7 Å². The zero-order valence-electron chi connectivity index (χ0n) is 15.0. The van der Waals surface area contributed by atoms with Crippen molar-refractivity contribution < 1.29 is 9.59 Å². The molecule has 28 heavy (non-hydrogen) atoms. The summed E-state index contributed by atoms with van der Waals surface area (Å²) in [5.41, 5.74) is 1.80. The number of carbonyl (C=O) groups excluding carboxylic acids is 2. The van der Waals surface area contributed by atoms with Crippen molar-refractivity contribution in [2.45, 2.75) is 12.6 Å². The molecule has 0 spiro atoms. The Labute approximate surface area is 172 Å². The molecular weight excluding hydrogens is 398 g/mol. The van der Waals surface area contributed by atoms with E-state index in [9.17, 15) is 9.59 Å². The number of halogens is 1. The lowest BCUT2D eigenvalue weighted by atomic mass is 10.1. The first kappa shape index (κ1) is 20.5. The van der Waals surface area contributed by atoms with Crippen LogP contribution < -0.4 is 16.0 Å². The van der Waals surface area contributed by atoms with Crippen LogP contribution in [0.25, 0.3) is 6.08 Å². The summed E-state index contributed by atoms with van der Waals surface area (Å²) in [4.78, 5) is 31.8. The average Bonchev–Trinajstić information content (AvgIpc) is 3.15. The smallest absolute Gasteiger partial charge is 0.223 e. The number of hydrogen-bond donors (Lipinski definition) is 3. The van der Waals surface area contributed by atoms with Crippen LogP contribution in [0.4, 0.5) is 5.95 Å². The van der Waals surface area contributed by atoms with Gasteiger partial charge in [0.25, 0.3) is 0 Å². The van der Waals surface area contributed by atoms with E-state index in [4.69, 9.17) is 11.6 Å². The van der Waals surface area contributed by atoms with Gasteiger partial charge >= 0.3 is 0 Å². The Balaban J connectivity index is 1.50. The van der Waals surface area contributed by atoms with Gasteiger partial charge in [0.15, 0.2) is 6.29 Å². The third kappa shape index (κ3) is 5.87. The molecule has 0 radical (unpaired) electrons. The summed E-state index contributed by atoms with van der Waals surface area (Å²) in [6.45, 7) is 2.12. The van der Waals surface area contributed by atoms with Crippen LogP contribution in [0.2, 0.25) is 5.02 Å². The zero-order valence-corrected chi connectivity index (χ0v) is 16.6. The summed E-state index contributed by atoms with van der Waals surface area (Å²) in [7, 11) is 0. The van der Waals surface area contributed by atoms with E-state index >= 15 is 0 Å². The average molecular weight is 418 g/mol. The highest BCUT2D eigenvalue weighted by Gasteiger charge is 2.27. The Kier molecular flexibility index (Phi) is 7.55. The highest BCUT2D eigenvalue weighted by Crippen LogP contribution is 2.27. The van der Waals surface area contributed by atoms with Crippen molar-refractivity contribution in [1.29, 1.82) is 0 Å². The topological polar surface area (TPSA) is 96.0 Å². The number of ketones is 1. The Morgan fingerprint density at radius 1 is 1.36 bits per heavy atom. The molecule has 1 aliphatic heterocycles. The summed E-state index contributed by atoms with van der Waals surface area (Å²) in [5.74, 6) is 0.618. The number of aldehydes is 1. The molecule has 7 nitrogen and oxygen atoms in total. The number of anilines is 1. The molecule has 1 aromatic carbocycles. The van der Waals surface area contributed by atoms with E-state index in [1.54, 1.807) is 18.3 Å². The maximum absolute atomic E-state index is 11.7. The van der Waals surface area contributed by atoms with E-state index in [-0.39, 0.29) is 0 Å². The van der Waals surface area contributed by atoms with Gasteiger partial charge in [0.2, 0.25) is 11.7 Å². The maximum Gasteiger partial charge on any atom is 0.223 e. The van der Waals surface area contributed by atoms with E-state index < -0.39 is 11.8 Å². The summed E-state index contributed by atoms with van der Waals surface area (Å²) < 4.78 is 0. The van der Waals surface area contributed by atoms with Gasteiger partial charge in [-0.15, -0.1) is 11.8 Å². The van der Waals surface area contributed by atoms with Gasteiger partial charge in [0, 0.05) is 41.6 Å². The second kappa shape index (κ2) is 10.3. The molecule has 146 valence electrons. The Hall–Kier alpha value is -2.26. The predicted molar refractivity (Wildman–Crippen MR) is 112 cm³/mol. The lowest BCUT2D eigenvalue weighted by Gasteiger charge is -2.08. The largest absolute Gasteiger partial charge is 0.353 e. The molecule has 0 bridgehead atoms. The van der Waals surface area contributed by atoms with Gasteiger partial charge in [-0.05, 0) is 29.8 Å². The fourth-order valence-electron chi connectivity index (χ4n) is 2.65. The third-order valence-corrected chi connectivity index (χ3v) is 5.21. The quantitative estimate of drug-likeness (QED) is 0.324. The fourth-order valence-corrected chi connectivity index (χ4v) is 3.85. The minimum absolute atomic E-state index is 0.348. The lowest BCUT2D eigenvalue weighted by Crippen LogP contribution is -2.32. The highest BCUT2D eigenvalue weighted by atomic mass is 35.5. The molecule has 2 aromatic rings. The van der Waals surface area contributed by atoms with Crippen LogP contribution >= 0.6 is 23.4 Å². The van der Waals surface area contributed by atoms with Gasteiger partial charge in [-0.3, -0.25) is 14.9 Å². The molecule has 0 amide bonds. The first-order chi connectivity index (χ1) is 13.7. The minimum atomic E-state index is -0.579. The molecule has 0 saturated carbocycles. The van der Waals surface area contributed by atoms with Gasteiger partial charge < -0.3 is 10.6 Å². The molecule has 1 fully saturated rings. The molecule has 1 atom stereocenters. The number of hydrogen-bond acceptors (Lipinski definition) is 8. The Morgan fingerprint density at radius 3 is 3.07 bits per heavy atom. The number of thioether (sulfide) groups is 1. The van der Waals surface area contributed by atoms with E-state index in [1.165, 1.54) is 11.8 Å². The normalized spacial score (nSPS) is 17.6. The summed E-state index contributed by atoms with van der Waals surface area (Å²) in [5, 5.41) is 10.2. The van der Waals surface area contributed by atoms with Crippen molar-refractivity contribution >= 4 is 47.5 Å². The summed E-state index contributed by atoms with van der Waals surface area (Å²) in [6.07, 6.45) is 3.81. The molecule has 0 aliphatic carbocycles. The molecule has 1 aliphatic rings. The Bertz CT molecular complexity index is 877. The molecule has 9 heteroatoms. The van der Waals surface area contributed by atoms with Crippen LogP contribution in [0.1, 0.15) is 11.3 Å². The molecule has 3 rings (SSSR count). The molecule has 1 aromatic heterocycles. The SMILES string of the molecule is O=CC(=O)C1NCS/C1=C\c1ccnc(NCCNCc2cccc(Cl)c2)n1. The number of Topliss-reactive ketones (excluding diaryl/α,β-unsaturated/α-hetero) is 1. The first-order valence-electron chi connectivity index (χ1n) is 8.74. The van der Waals surface area contributed by atoms with Crippen molar-refractivity contribution in [2.75, 3.05) is 24.3 Å². The number of nitrogens with zero attached hydrogens (tertiary/aromatic N) is 2. The second-order valence-electron chi connectivity index (χ2n) is 6.03. The predicted octanol–water partition coefficient (Wildman–Crippen LogP) is 2.10. The van der Waals surface area contributed by atoms with Crippen molar-refractivity contribution in [3.63, 3.8) is 0 Å². The first-order valence-corrected chi connectivity index (χ1v) is 10.1. The maximum atomic E-state index is 11.7. The molecule has 2 heterocycles.